The zero-order valence-corrected chi connectivity index (χ0v) is 21.9. The quantitative estimate of drug-likeness (QED) is 0.277. The number of carbonyl (C=O) groups excluding carboxylic acids is 1. The van der Waals surface area contributed by atoms with Crippen LogP contribution < -0.4 is 25.1 Å². The number of pyridine rings is 3. The van der Waals surface area contributed by atoms with Gasteiger partial charge in [-0.05, 0) is 43.3 Å². The van der Waals surface area contributed by atoms with Crippen LogP contribution in [0.25, 0.3) is 16.7 Å². The van der Waals surface area contributed by atoms with E-state index >= 15 is 4.39 Å². The summed E-state index contributed by atoms with van der Waals surface area (Å²) in [5, 5.41) is 2.42. The minimum atomic E-state index is -0.957. The summed E-state index contributed by atoms with van der Waals surface area (Å²) in [6.45, 7) is 1.27. The number of hydrogen-bond donors (Lipinski definition) is 1. The molecule has 0 fully saturated rings. The van der Waals surface area contributed by atoms with E-state index in [1.165, 1.54) is 57.7 Å². The SMILES string of the molecule is COc1cc2nccc(Oc3ccc(NC(=O)c4c(C)c(F)cn(-c5ccc(F)cc5)c4=O)cc3F)c2nc1OC. The molecule has 3 aromatic heterocycles. The summed E-state index contributed by atoms with van der Waals surface area (Å²) in [5.74, 6) is -2.64. The predicted molar refractivity (Wildman–Crippen MR) is 144 cm³/mol. The number of amides is 1. The Labute approximate surface area is 230 Å². The third kappa shape index (κ3) is 5.26. The average molecular weight is 563 g/mol. The number of halogens is 3. The van der Waals surface area contributed by atoms with Gasteiger partial charge in [-0.25, -0.2) is 18.2 Å². The molecule has 0 spiro atoms. The fraction of sp³-hybridized carbons (Fsp3) is 0.103. The number of nitrogens with one attached hydrogen (secondary N) is 1. The molecule has 9 nitrogen and oxygen atoms in total. The Bertz CT molecular complexity index is 1860. The van der Waals surface area contributed by atoms with Crippen molar-refractivity contribution in [2.45, 2.75) is 6.92 Å². The molecule has 1 amide bonds. The highest BCUT2D eigenvalue weighted by Gasteiger charge is 2.21. The number of nitrogens with zero attached hydrogens (tertiary/aromatic N) is 3. The lowest BCUT2D eigenvalue weighted by molar-refractivity contribution is 0.102. The number of hydrogen-bond acceptors (Lipinski definition) is 7. The van der Waals surface area contributed by atoms with Crippen LogP contribution in [0.5, 0.6) is 23.1 Å². The molecule has 1 N–H and O–H groups in total. The molecule has 208 valence electrons. The molecule has 5 aromatic rings. The van der Waals surface area contributed by atoms with E-state index in [4.69, 9.17) is 14.2 Å². The van der Waals surface area contributed by atoms with Crippen molar-refractivity contribution in [3.63, 3.8) is 0 Å². The Morgan fingerprint density at radius 2 is 1.66 bits per heavy atom. The highest BCUT2D eigenvalue weighted by Crippen LogP contribution is 2.35. The van der Waals surface area contributed by atoms with Crippen LogP contribution in [-0.2, 0) is 0 Å². The van der Waals surface area contributed by atoms with Crippen LogP contribution >= 0.6 is 0 Å². The predicted octanol–water partition coefficient (Wildman–Crippen LogP) is 5.57. The van der Waals surface area contributed by atoms with Crippen molar-refractivity contribution in [2.24, 2.45) is 0 Å². The Hall–Kier alpha value is -5.39. The van der Waals surface area contributed by atoms with Crippen molar-refractivity contribution < 1.29 is 32.2 Å². The molecule has 2 aromatic carbocycles. The minimum Gasteiger partial charge on any atom is -0.491 e. The monoisotopic (exact) mass is 562 g/mol. The van der Waals surface area contributed by atoms with E-state index in [0.29, 0.717) is 16.8 Å². The number of ether oxygens (including phenoxy) is 3. The van der Waals surface area contributed by atoms with Crippen LogP contribution in [0.2, 0.25) is 0 Å². The molecule has 0 aliphatic rings. The maximum Gasteiger partial charge on any atom is 0.268 e. The van der Waals surface area contributed by atoms with Crippen molar-refractivity contribution >= 4 is 22.6 Å². The van der Waals surface area contributed by atoms with Crippen LogP contribution in [0.1, 0.15) is 15.9 Å². The molecule has 0 unspecified atom stereocenters. The van der Waals surface area contributed by atoms with E-state index in [1.807, 2.05) is 0 Å². The van der Waals surface area contributed by atoms with Gasteiger partial charge in [-0.1, -0.05) is 0 Å². The molecule has 41 heavy (non-hydrogen) atoms. The molecule has 0 aliphatic carbocycles. The van der Waals surface area contributed by atoms with Gasteiger partial charge in [0.1, 0.15) is 22.7 Å². The molecular formula is C29H21F3N4O5. The van der Waals surface area contributed by atoms with Gasteiger partial charge < -0.3 is 19.5 Å². The number of aromatic nitrogens is 3. The molecule has 0 saturated heterocycles. The zero-order chi connectivity index (χ0) is 29.3. The first-order valence-corrected chi connectivity index (χ1v) is 12.0. The van der Waals surface area contributed by atoms with Gasteiger partial charge in [0.25, 0.3) is 17.3 Å². The van der Waals surface area contributed by atoms with E-state index in [-0.39, 0.29) is 34.3 Å². The zero-order valence-electron chi connectivity index (χ0n) is 21.9. The summed E-state index contributed by atoms with van der Waals surface area (Å²) < 4.78 is 60.2. The Morgan fingerprint density at radius 3 is 2.34 bits per heavy atom. The molecule has 0 bridgehead atoms. The van der Waals surface area contributed by atoms with Gasteiger partial charge in [0, 0.05) is 47.5 Å². The number of carbonyl (C=O) groups is 1. The number of rotatable bonds is 7. The molecule has 3 heterocycles. The number of methoxy groups -OCH3 is 2. The summed E-state index contributed by atoms with van der Waals surface area (Å²) >= 11 is 0. The molecule has 0 radical (unpaired) electrons. The second-order valence-corrected chi connectivity index (χ2v) is 8.71. The first kappa shape index (κ1) is 27.2. The van der Waals surface area contributed by atoms with Crippen molar-refractivity contribution in [1.29, 1.82) is 0 Å². The lowest BCUT2D eigenvalue weighted by Crippen LogP contribution is -2.30. The van der Waals surface area contributed by atoms with Gasteiger partial charge in [-0.3, -0.25) is 19.1 Å². The van der Waals surface area contributed by atoms with E-state index < -0.39 is 34.5 Å². The minimum absolute atomic E-state index is 0.0136. The summed E-state index contributed by atoms with van der Waals surface area (Å²) in [4.78, 5) is 34.7. The third-order valence-electron chi connectivity index (χ3n) is 6.17. The van der Waals surface area contributed by atoms with Crippen LogP contribution in [0.3, 0.4) is 0 Å². The lowest BCUT2D eigenvalue weighted by atomic mass is 10.1. The second-order valence-electron chi connectivity index (χ2n) is 8.71. The average Bonchev–Trinajstić information content (AvgIpc) is 2.96. The largest absolute Gasteiger partial charge is 0.491 e. The number of fused-ring (bicyclic) bond motifs is 1. The summed E-state index contributed by atoms with van der Waals surface area (Å²) in [6, 6.07) is 11.5. The highest BCUT2D eigenvalue weighted by molar-refractivity contribution is 6.05. The number of anilines is 1. The van der Waals surface area contributed by atoms with Gasteiger partial charge in [0.2, 0.25) is 0 Å². The lowest BCUT2D eigenvalue weighted by Gasteiger charge is -2.14. The molecular weight excluding hydrogens is 541 g/mol. The van der Waals surface area contributed by atoms with Crippen molar-refractivity contribution in [3.8, 4) is 28.8 Å². The topological polar surface area (TPSA) is 105 Å². The first-order valence-electron chi connectivity index (χ1n) is 12.0. The maximum atomic E-state index is 15.1. The fourth-order valence-corrected chi connectivity index (χ4v) is 4.09. The normalized spacial score (nSPS) is 10.9. The van der Waals surface area contributed by atoms with Gasteiger partial charge in [-0.2, -0.15) is 0 Å². The van der Waals surface area contributed by atoms with E-state index in [1.54, 1.807) is 6.07 Å². The Balaban J connectivity index is 1.43. The number of benzene rings is 2. The Morgan fingerprint density at radius 1 is 0.902 bits per heavy atom. The van der Waals surface area contributed by atoms with Gasteiger partial charge >= 0.3 is 0 Å². The summed E-state index contributed by atoms with van der Waals surface area (Å²) in [7, 11) is 2.88. The molecule has 12 heteroatoms. The van der Waals surface area contributed by atoms with Crippen molar-refractivity contribution in [2.75, 3.05) is 19.5 Å². The van der Waals surface area contributed by atoms with E-state index in [0.717, 1.165) is 29.0 Å². The van der Waals surface area contributed by atoms with Crippen LogP contribution in [-0.4, -0.2) is 34.7 Å². The summed E-state index contributed by atoms with van der Waals surface area (Å²) in [6.07, 6.45) is 2.37. The van der Waals surface area contributed by atoms with Crippen LogP contribution in [0.4, 0.5) is 18.9 Å². The molecule has 0 atom stereocenters. The van der Waals surface area contributed by atoms with Crippen molar-refractivity contribution in [3.05, 3.63) is 106 Å². The second kappa shape index (κ2) is 11.0. The maximum absolute atomic E-state index is 15.1. The third-order valence-corrected chi connectivity index (χ3v) is 6.17. The van der Waals surface area contributed by atoms with Crippen LogP contribution in [0, 0.1) is 24.4 Å². The van der Waals surface area contributed by atoms with Gasteiger partial charge in [0.15, 0.2) is 23.1 Å². The fourth-order valence-electron chi connectivity index (χ4n) is 4.09. The highest BCUT2D eigenvalue weighted by atomic mass is 19.1. The smallest absolute Gasteiger partial charge is 0.268 e. The van der Waals surface area contributed by atoms with Gasteiger partial charge in [0.05, 0.1) is 19.7 Å². The van der Waals surface area contributed by atoms with Crippen LogP contribution in [0.15, 0.2) is 71.8 Å². The molecule has 0 aliphatic heterocycles. The molecule has 0 saturated carbocycles. The molecule has 5 rings (SSSR count). The van der Waals surface area contributed by atoms with E-state index in [9.17, 15) is 18.4 Å². The Kier molecular flexibility index (Phi) is 7.30. The van der Waals surface area contributed by atoms with Crippen molar-refractivity contribution in [1.82, 2.24) is 14.5 Å². The van der Waals surface area contributed by atoms with Gasteiger partial charge in [-0.15, -0.1) is 0 Å². The first-order chi connectivity index (χ1) is 19.7. The van der Waals surface area contributed by atoms with E-state index in [2.05, 4.69) is 15.3 Å². The summed E-state index contributed by atoms with van der Waals surface area (Å²) in [5.41, 5.74) is -0.671. The standard InChI is InChI=1S/C29H21F3N4O5/c1-15-20(32)14-36(18-7-4-16(30)5-8-18)29(38)25(15)27(37)34-17-6-9-22(19(31)12-17)41-23-10-11-33-21-13-24(39-2)28(40-3)35-26(21)23/h4-14H,1-3H3,(H,34,37).